The Bertz CT molecular complexity index is 854. The molecule has 2 aromatic rings. The largest absolute Gasteiger partial charge is 0.497 e. The summed E-state index contributed by atoms with van der Waals surface area (Å²) >= 11 is 0. The monoisotopic (exact) mass is 384 g/mol. The van der Waals surface area contributed by atoms with Gasteiger partial charge in [-0.3, -0.25) is 15.0 Å². The minimum Gasteiger partial charge on any atom is -0.497 e. The van der Waals surface area contributed by atoms with E-state index in [1.165, 1.54) is 0 Å². The van der Waals surface area contributed by atoms with Gasteiger partial charge in [-0.05, 0) is 56.7 Å². The molecule has 0 aromatic heterocycles. The fourth-order valence-corrected chi connectivity index (χ4v) is 2.43. The van der Waals surface area contributed by atoms with Crippen LogP contribution in [0.1, 0.15) is 47.1 Å². The zero-order valence-electron chi connectivity index (χ0n) is 16.4. The molecule has 2 N–H and O–H groups in total. The lowest BCUT2D eigenvalue weighted by molar-refractivity contribution is 0.0483. The van der Waals surface area contributed by atoms with Gasteiger partial charge < -0.3 is 9.47 Å². The Morgan fingerprint density at radius 3 is 2.18 bits per heavy atom. The van der Waals surface area contributed by atoms with Crippen molar-refractivity contribution in [3.63, 3.8) is 0 Å². The summed E-state index contributed by atoms with van der Waals surface area (Å²) in [6, 6.07) is 13.5. The highest BCUT2D eigenvalue weighted by Gasteiger charge is 2.18. The van der Waals surface area contributed by atoms with Crippen molar-refractivity contribution in [3.05, 3.63) is 65.2 Å². The van der Waals surface area contributed by atoms with E-state index in [4.69, 9.17) is 9.47 Å². The lowest BCUT2D eigenvalue weighted by Crippen LogP contribution is -2.44. The highest BCUT2D eigenvalue weighted by molar-refractivity contribution is 6.01. The summed E-state index contributed by atoms with van der Waals surface area (Å²) in [5, 5.41) is 0. The van der Waals surface area contributed by atoms with Crippen molar-refractivity contribution < 1.29 is 23.9 Å². The van der Waals surface area contributed by atoms with Crippen LogP contribution in [0.2, 0.25) is 0 Å². The summed E-state index contributed by atoms with van der Waals surface area (Å²) in [5.41, 5.74) is 5.17. The van der Waals surface area contributed by atoms with Crippen molar-refractivity contribution in [2.75, 3.05) is 7.11 Å². The normalized spacial score (nSPS) is 10.7. The highest BCUT2D eigenvalue weighted by Crippen LogP contribution is 2.16. The molecule has 0 aliphatic carbocycles. The van der Waals surface area contributed by atoms with Crippen LogP contribution in [-0.4, -0.2) is 30.5 Å². The van der Waals surface area contributed by atoms with Crippen molar-refractivity contribution in [1.29, 1.82) is 0 Å². The Kier molecular flexibility index (Phi) is 6.76. The molecule has 0 saturated carbocycles. The Hall–Kier alpha value is -3.35. The molecule has 0 unspecified atom stereocenters. The molecule has 0 atom stereocenters. The predicted molar refractivity (Wildman–Crippen MR) is 104 cm³/mol. The highest BCUT2D eigenvalue weighted by atomic mass is 16.6. The van der Waals surface area contributed by atoms with Crippen molar-refractivity contribution >= 4 is 17.8 Å². The van der Waals surface area contributed by atoms with Gasteiger partial charge in [0.2, 0.25) is 0 Å². The summed E-state index contributed by atoms with van der Waals surface area (Å²) in [4.78, 5) is 36.7. The molecule has 0 aliphatic heterocycles. The van der Waals surface area contributed by atoms with E-state index in [2.05, 4.69) is 10.9 Å². The molecule has 2 aromatic carbocycles. The number of Topliss-reactive ketones (excluding diaryl/α,β-unsaturated/α-hetero) is 1. The van der Waals surface area contributed by atoms with E-state index in [0.29, 0.717) is 22.4 Å². The lowest BCUT2D eigenvalue weighted by Gasteiger charge is -2.20. The number of rotatable bonds is 5. The first kappa shape index (κ1) is 21.0. The molecule has 0 aliphatic rings. The zero-order valence-corrected chi connectivity index (χ0v) is 16.4. The van der Waals surface area contributed by atoms with Gasteiger partial charge in [0, 0.05) is 17.5 Å². The minimum atomic E-state index is -0.771. The SMILES string of the molecule is COc1ccc(C(=O)Cc2ccccc2C(=O)NNC(=O)OC(C)(C)C)cc1. The Balaban J connectivity index is 2.06. The molecule has 7 nitrogen and oxygen atoms in total. The number of carbonyl (C=O) groups is 3. The van der Waals surface area contributed by atoms with Gasteiger partial charge in [-0.1, -0.05) is 18.2 Å². The van der Waals surface area contributed by atoms with Crippen LogP contribution in [0.25, 0.3) is 0 Å². The number of hydrogen-bond acceptors (Lipinski definition) is 5. The number of carbonyl (C=O) groups excluding carboxylic acids is 3. The number of ether oxygens (including phenoxy) is 2. The minimum absolute atomic E-state index is 0.0440. The molecule has 0 radical (unpaired) electrons. The number of amides is 2. The van der Waals surface area contributed by atoms with Crippen molar-refractivity contribution in [3.8, 4) is 5.75 Å². The van der Waals surface area contributed by atoms with Crippen LogP contribution in [0.3, 0.4) is 0 Å². The van der Waals surface area contributed by atoms with E-state index < -0.39 is 17.6 Å². The van der Waals surface area contributed by atoms with Gasteiger partial charge in [-0.2, -0.15) is 0 Å². The predicted octanol–water partition coefficient (Wildman–Crippen LogP) is 3.29. The molecule has 0 bridgehead atoms. The molecule has 2 amide bonds. The van der Waals surface area contributed by atoms with E-state index in [9.17, 15) is 14.4 Å². The van der Waals surface area contributed by atoms with E-state index in [1.807, 2.05) is 0 Å². The average molecular weight is 384 g/mol. The zero-order chi connectivity index (χ0) is 20.7. The fraction of sp³-hybridized carbons (Fsp3) is 0.286. The van der Waals surface area contributed by atoms with Crippen molar-refractivity contribution in [2.24, 2.45) is 0 Å². The van der Waals surface area contributed by atoms with Crippen LogP contribution in [0.4, 0.5) is 4.79 Å². The van der Waals surface area contributed by atoms with Gasteiger partial charge in [-0.15, -0.1) is 0 Å². The third-order valence-corrected chi connectivity index (χ3v) is 3.70. The molecule has 28 heavy (non-hydrogen) atoms. The second-order valence-electron chi connectivity index (χ2n) is 7.07. The second-order valence-corrected chi connectivity index (χ2v) is 7.07. The average Bonchev–Trinajstić information content (AvgIpc) is 2.65. The third kappa shape index (κ3) is 6.12. The maximum Gasteiger partial charge on any atom is 0.426 e. The lowest BCUT2D eigenvalue weighted by atomic mass is 9.98. The standard InChI is InChI=1S/C21H24N2O5/c1-21(2,3)28-20(26)23-22-19(25)17-8-6-5-7-15(17)13-18(24)14-9-11-16(27-4)12-10-14/h5-12H,13H2,1-4H3,(H,22,25)(H,23,26). The molecular formula is C21H24N2O5. The van der Waals surface area contributed by atoms with Gasteiger partial charge in [0.15, 0.2) is 5.78 Å². The molecule has 7 heteroatoms. The Morgan fingerprint density at radius 1 is 0.929 bits per heavy atom. The summed E-state index contributed by atoms with van der Waals surface area (Å²) in [6.45, 7) is 5.15. The first-order valence-electron chi connectivity index (χ1n) is 8.74. The second kappa shape index (κ2) is 9.03. The smallest absolute Gasteiger partial charge is 0.426 e. The van der Waals surface area contributed by atoms with Crippen molar-refractivity contribution in [1.82, 2.24) is 10.9 Å². The molecule has 148 valence electrons. The van der Waals surface area contributed by atoms with Gasteiger partial charge in [-0.25, -0.2) is 10.2 Å². The first-order chi connectivity index (χ1) is 13.2. The van der Waals surface area contributed by atoms with Gasteiger partial charge in [0.25, 0.3) is 5.91 Å². The number of nitrogens with one attached hydrogen (secondary N) is 2. The maximum absolute atomic E-state index is 12.5. The maximum atomic E-state index is 12.5. The number of benzene rings is 2. The number of methoxy groups -OCH3 is 1. The van der Waals surface area contributed by atoms with E-state index in [0.717, 1.165) is 0 Å². The third-order valence-electron chi connectivity index (χ3n) is 3.70. The first-order valence-corrected chi connectivity index (χ1v) is 8.74. The van der Waals surface area contributed by atoms with Gasteiger partial charge in [0.05, 0.1) is 7.11 Å². The van der Waals surface area contributed by atoms with E-state index >= 15 is 0 Å². The number of hydrogen-bond donors (Lipinski definition) is 2. The van der Waals surface area contributed by atoms with E-state index in [-0.39, 0.29) is 12.2 Å². The summed E-state index contributed by atoms with van der Waals surface area (Å²) in [5.74, 6) is -0.0171. The van der Waals surface area contributed by atoms with E-state index in [1.54, 1.807) is 76.4 Å². The number of ketones is 1. The van der Waals surface area contributed by atoms with Gasteiger partial charge >= 0.3 is 6.09 Å². The molecule has 0 fully saturated rings. The topological polar surface area (TPSA) is 93.7 Å². The number of hydrazine groups is 1. The van der Waals surface area contributed by atoms with Gasteiger partial charge in [0.1, 0.15) is 11.4 Å². The quantitative estimate of drug-likeness (QED) is 0.609. The molecule has 0 saturated heterocycles. The summed E-state index contributed by atoms with van der Waals surface area (Å²) in [6.07, 6.45) is -0.727. The van der Waals surface area contributed by atoms with Crippen LogP contribution in [-0.2, 0) is 11.2 Å². The molecule has 0 heterocycles. The van der Waals surface area contributed by atoms with Crippen LogP contribution in [0, 0.1) is 0 Å². The van der Waals surface area contributed by atoms with Crippen LogP contribution in [0.5, 0.6) is 5.75 Å². The molecule has 2 rings (SSSR count). The fourth-order valence-electron chi connectivity index (χ4n) is 2.43. The summed E-state index contributed by atoms with van der Waals surface area (Å²) < 4.78 is 10.2. The van der Waals surface area contributed by atoms with Crippen LogP contribution in [0.15, 0.2) is 48.5 Å². The molecular weight excluding hydrogens is 360 g/mol. The molecule has 0 spiro atoms. The van der Waals surface area contributed by atoms with Crippen LogP contribution < -0.4 is 15.6 Å². The Labute approximate surface area is 164 Å². The Morgan fingerprint density at radius 2 is 1.57 bits per heavy atom. The van der Waals surface area contributed by atoms with Crippen LogP contribution >= 0.6 is 0 Å². The summed E-state index contributed by atoms with van der Waals surface area (Å²) in [7, 11) is 1.55. The van der Waals surface area contributed by atoms with Crippen molar-refractivity contribution in [2.45, 2.75) is 32.8 Å².